The Balaban J connectivity index is 0.000000152. The van der Waals surface area contributed by atoms with Gasteiger partial charge in [0, 0.05) is 38.5 Å². The quantitative estimate of drug-likeness (QED) is 0.0658. The largest absolute Gasteiger partial charge is 3.00 e. The number of thiazole rings is 2. The molecule has 52 heavy (non-hydrogen) atoms. The van der Waals surface area contributed by atoms with Crippen LogP contribution in [0.3, 0.4) is 0 Å². The summed E-state index contributed by atoms with van der Waals surface area (Å²) in [5.74, 6) is 2.28. The minimum absolute atomic E-state index is 0. The van der Waals surface area contributed by atoms with Crippen molar-refractivity contribution in [3.8, 4) is 44.7 Å². The Labute approximate surface area is 325 Å². The fourth-order valence-corrected chi connectivity index (χ4v) is 6.73. The summed E-state index contributed by atoms with van der Waals surface area (Å²) in [6.45, 7) is 0.258. The number of rotatable bonds is 8. The van der Waals surface area contributed by atoms with Gasteiger partial charge in [-0.3, -0.25) is 14.8 Å². The summed E-state index contributed by atoms with van der Waals surface area (Å²) < 4.78 is 7.63. The Morgan fingerprint density at radius 1 is 0.692 bits per heavy atom. The van der Waals surface area contributed by atoms with Gasteiger partial charge in [0.2, 0.25) is 0 Å². The zero-order chi connectivity index (χ0) is 35.1. The summed E-state index contributed by atoms with van der Waals surface area (Å²) in [5.41, 5.74) is 6.96. The van der Waals surface area contributed by atoms with E-state index in [9.17, 15) is 4.79 Å². The molecular weight excluding hydrogens is 859 g/mol. The van der Waals surface area contributed by atoms with Crippen LogP contribution in [0.4, 0.5) is 0 Å². The van der Waals surface area contributed by atoms with Crippen molar-refractivity contribution in [2.24, 2.45) is 0 Å². The molecule has 0 aliphatic rings. The van der Waals surface area contributed by atoms with E-state index in [4.69, 9.17) is 11.2 Å². The number of hydrogen-bond acceptors (Lipinski definition) is 7. The second-order valence-electron chi connectivity index (χ2n) is 11.1. The average molecular weight is 891 g/mol. The number of aromatic nitrogens is 3. The summed E-state index contributed by atoms with van der Waals surface area (Å²) >= 11 is 3.42. The number of carbonyl (C=O) groups is 1. The summed E-state index contributed by atoms with van der Waals surface area (Å²) in [7, 11) is 0. The standard InChI is InChI=1S/C18H16NO2.2C13H8NS.Ir/c1-2-3-4-8-18(20)21-14-15-9-11-16(12-10-15)17-7-5-6-13-19-17;2*1-2-6-10(7-3-1)13-14-11-8-4-5-9-12(11)15-13;/h1,5-7,9-11,13H,3-4,8,14H2;2*1-6,8-9H;/q3*-1;+3. The number of fused-ring (bicyclic) bond motifs is 2. The number of benzene rings is 5. The third-order valence-electron chi connectivity index (χ3n) is 7.39. The average Bonchev–Trinajstić information content (AvgIpc) is 3.84. The number of para-hydroxylation sites is 2. The predicted molar refractivity (Wildman–Crippen MR) is 209 cm³/mol. The first kappa shape index (κ1) is 38.0. The number of terminal acetylenes is 1. The first-order valence-corrected chi connectivity index (χ1v) is 18.0. The third-order valence-corrected chi connectivity index (χ3v) is 9.53. The van der Waals surface area contributed by atoms with Crippen molar-refractivity contribution in [1.29, 1.82) is 0 Å². The van der Waals surface area contributed by atoms with Crippen LogP contribution in [0.25, 0.3) is 52.8 Å². The fourth-order valence-electron chi connectivity index (χ4n) is 4.83. The molecule has 8 heteroatoms. The predicted octanol–water partition coefficient (Wildman–Crippen LogP) is 10.9. The Kier molecular flexibility index (Phi) is 14.5. The SMILES string of the molecule is C#CCCCC(=O)OCc1c[c-]c(-c2ccccn2)cc1.[Ir+3].[c-]1ccccc1-c1nc2ccccc2s1.[c-]1ccccc1-c1nc2ccccc2s1. The van der Waals surface area contributed by atoms with E-state index in [1.54, 1.807) is 28.9 Å². The van der Waals surface area contributed by atoms with Crippen molar-refractivity contribution in [3.63, 3.8) is 0 Å². The molecule has 0 radical (unpaired) electrons. The zero-order valence-corrected chi connectivity index (χ0v) is 32.0. The molecule has 3 aromatic heterocycles. The Bertz CT molecular complexity index is 2140. The number of hydrogen-bond donors (Lipinski definition) is 0. The molecule has 256 valence electrons. The second-order valence-corrected chi connectivity index (χ2v) is 13.1. The molecule has 0 amide bonds. The molecule has 5 nitrogen and oxygen atoms in total. The van der Waals surface area contributed by atoms with Gasteiger partial charge in [-0.1, -0.05) is 42.0 Å². The van der Waals surface area contributed by atoms with Gasteiger partial charge in [-0.05, 0) is 42.4 Å². The summed E-state index contributed by atoms with van der Waals surface area (Å²) in [5, 5.41) is 2.08. The first-order chi connectivity index (χ1) is 25.2. The van der Waals surface area contributed by atoms with Crippen LogP contribution < -0.4 is 0 Å². The van der Waals surface area contributed by atoms with E-state index >= 15 is 0 Å². The Morgan fingerprint density at radius 2 is 1.29 bits per heavy atom. The summed E-state index contributed by atoms with van der Waals surface area (Å²) in [4.78, 5) is 24.9. The molecule has 0 atom stereocenters. The molecule has 5 aromatic carbocycles. The van der Waals surface area contributed by atoms with Crippen molar-refractivity contribution in [2.45, 2.75) is 25.9 Å². The summed E-state index contributed by atoms with van der Waals surface area (Å²) in [6.07, 6.45) is 8.50. The molecule has 8 aromatic rings. The molecule has 0 fully saturated rings. The minimum atomic E-state index is -0.223. The Hall–Kier alpha value is -5.29. The normalized spacial score (nSPS) is 10.1. The van der Waals surface area contributed by atoms with Crippen LogP contribution in [-0.2, 0) is 36.2 Å². The molecule has 0 bridgehead atoms. The van der Waals surface area contributed by atoms with Crippen LogP contribution in [0.2, 0.25) is 0 Å². The molecule has 0 aliphatic heterocycles. The number of carbonyl (C=O) groups excluding carboxylic acids is 1. The van der Waals surface area contributed by atoms with Gasteiger partial charge in [-0.25, -0.2) is 0 Å². The smallest absolute Gasteiger partial charge is 0.470 e. The van der Waals surface area contributed by atoms with Gasteiger partial charge in [0.15, 0.2) is 0 Å². The number of ether oxygens (including phenoxy) is 1. The molecule has 0 saturated carbocycles. The van der Waals surface area contributed by atoms with Crippen molar-refractivity contribution >= 4 is 49.1 Å². The molecule has 0 saturated heterocycles. The van der Waals surface area contributed by atoms with Gasteiger partial charge < -0.3 is 9.72 Å². The first-order valence-electron chi connectivity index (χ1n) is 16.3. The number of nitrogens with zero attached hydrogens (tertiary/aromatic N) is 3. The van der Waals surface area contributed by atoms with Crippen LogP contribution >= 0.6 is 22.7 Å². The summed E-state index contributed by atoms with van der Waals surface area (Å²) in [6, 6.07) is 53.2. The fraction of sp³-hybridized carbons (Fsp3) is 0.0909. The van der Waals surface area contributed by atoms with Gasteiger partial charge in [0.25, 0.3) is 0 Å². The van der Waals surface area contributed by atoms with Crippen molar-refractivity contribution < 1.29 is 29.6 Å². The van der Waals surface area contributed by atoms with Crippen LogP contribution in [-0.4, -0.2) is 20.9 Å². The van der Waals surface area contributed by atoms with Gasteiger partial charge >= 0.3 is 26.1 Å². The molecule has 3 heterocycles. The maximum Gasteiger partial charge on any atom is 3.00 e. The number of unbranched alkanes of at least 4 members (excludes halogenated alkanes) is 1. The molecule has 8 rings (SSSR count). The molecular formula is C44H32IrN3O2S2. The van der Waals surface area contributed by atoms with E-state index in [0.717, 1.165) is 49.0 Å². The van der Waals surface area contributed by atoms with Gasteiger partial charge in [0.05, 0.1) is 17.6 Å². The number of pyridine rings is 1. The van der Waals surface area contributed by atoms with Crippen molar-refractivity contribution in [2.75, 3.05) is 0 Å². The monoisotopic (exact) mass is 891 g/mol. The van der Waals surface area contributed by atoms with E-state index in [0.29, 0.717) is 19.3 Å². The van der Waals surface area contributed by atoms with Crippen LogP contribution in [0.1, 0.15) is 24.8 Å². The molecule has 0 aliphatic carbocycles. The maximum atomic E-state index is 11.5. The molecule has 0 spiro atoms. The minimum Gasteiger partial charge on any atom is -0.470 e. The van der Waals surface area contributed by atoms with E-state index in [-0.39, 0.29) is 32.7 Å². The number of esters is 1. The third kappa shape index (κ3) is 10.9. The van der Waals surface area contributed by atoms with Crippen LogP contribution in [0.5, 0.6) is 0 Å². The van der Waals surface area contributed by atoms with Gasteiger partial charge in [0.1, 0.15) is 0 Å². The topological polar surface area (TPSA) is 65.0 Å². The van der Waals surface area contributed by atoms with Gasteiger partial charge in [-0.2, -0.15) is 22.7 Å². The Morgan fingerprint density at radius 3 is 1.79 bits per heavy atom. The maximum absolute atomic E-state index is 11.5. The van der Waals surface area contributed by atoms with E-state index in [1.807, 2.05) is 121 Å². The van der Waals surface area contributed by atoms with E-state index in [1.165, 1.54) is 9.40 Å². The van der Waals surface area contributed by atoms with Gasteiger partial charge in [-0.15, -0.1) is 114 Å². The zero-order valence-electron chi connectivity index (χ0n) is 28.0. The van der Waals surface area contributed by atoms with E-state index < -0.39 is 0 Å². The molecule has 0 N–H and O–H groups in total. The molecule has 0 unspecified atom stereocenters. The van der Waals surface area contributed by atoms with Crippen molar-refractivity contribution in [1.82, 2.24) is 15.0 Å². The van der Waals surface area contributed by atoms with Crippen LogP contribution in [0.15, 0.2) is 140 Å². The van der Waals surface area contributed by atoms with Crippen molar-refractivity contribution in [3.05, 3.63) is 163 Å². The van der Waals surface area contributed by atoms with Crippen LogP contribution in [0, 0.1) is 30.5 Å². The van der Waals surface area contributed by atoms with E-state index in [2.05, 4.69) is 51.2 Å². The second kappa shape index (κ2) is 19.9.